The first-order chi connectivity index (χ1) is 8.15. The maximum Gasteiger partial charge on any atom is 0.141 e. The van der Waals surface area contributed by atoms with E-state index in [0.29, 0.717) is 6.04 Å². The molecule has 1 fully saturated rings. The van der Waals surface area contributed by atoms with Gasteiger partial charge in [0.15, 0.2) is 0 Å². The summed E-state index contributed by atoms with van der Waals surface area (Å²) in [5, 5.41) is 3.77. The van der Waals surface area contributed by atoms with Gasteiger partial charge in [-0.25, -0.2) is 4.39 Å². The molecule has 0 radical (unpaired) electrons. The highest BCUT2D eigenvalue weighted by atomic mass is 35.5. The van der Waals surface area contributed by atoms with Gasteiger partial charge in [0.2, 0.25) is 0 Å². The summed E-state index contributed by atoms with van der Waals surface area (Å²) in [5.41, 5.74) is 1.12. The largest absolute Gasteiger partial charge is 0.314 e. The summed E-state index contributed by atoms with van der Waals surface area (Å²) in [4.78, 5) is 0. The molecule has 1 aromatic rings. The van der Waals surface area contributed by atoms with E-state index in [9.17, 15) is 4.39 Å². The lowest BCUT2D eigenvalue weighted by Gasteiger charge is -2.28. The van der Waals surface area contributed by atoms with Gasteiger partial charge < -0.3 is 5.32 Å². The van der Waals surface area contributed by atoms with Gasteiger partial charge in [-0.05, 0) is 55.8 Å². The van der Waals surface area contributed by atoms with Crippen molar-refractivity contribution >= 4 is 11.6 Å². The molecular weight excluding hydrogens is 237 g/mol. The van der Waals surface area contributed by atoms with Crippen molar-refractivity contribution in [2.45, 2.75) is 38.6 Å². The zero-order valence-electron chi connectivity index (χ0n) is 10.2. The second-order valence-electron chi connectivity index (χ2n) is 5.07. The van der Waals surface area contributed by atoms with Crippen LogP contribution in [0, 0.1) is 11.7 Å². The molecule has 1 saturated heterocycles. The summed E-state index contributed by atoms with van der Waals surface area (Å²) in [5.74, 6) is 0.484. The van der Waals surface area contributed by atoms with Gasteiger partial charge in [0.25, 0.3) is 0 Å². The highest BCUT2D eigenvalue weighted by Crippen LogP contribution is 2.21. The van der Waals surface area contributed by atoms with Crippen LogP contribution in [0.25, 0.3) is 0 Å². The van der Waals surface area contributed by atoms with Gasteiger partial charge in [-0.2, -0.15) is 0 Å². The number of rotatable bonds is 3. The topological polar surface area (TPSA) is 12.0 Å². The molecule has 3 heteroatoms. The third kappa shape index (κ3) is 3.68. The summed E-state index contributed by atoms with van der Waals surface area (Å²) in [6.07, 6.45) is 4.59. The van der Waals surface area contributed by atoms with Crippen LogP contribution < -0.4 is 5.32 Å². The van der Waals surface area contributed by atoms with Crippen LogP contribution in [0.1, 0.15) is 31.7 Å². The van der Waals surface area contributed by atoms with Gasteiger partial charge in [-0.3, -0.25) is 0 Å². The van der Waals surface area contributed by atoms with Crippen molar-refractivity contribution in [3.8, 4) is 0 Å². The average molecular weight is 256 g/mol. The third-order valence-corrected chi connectivity index (χ3v) is 3.81. The average Bonchev–Trinajstić information content (AvgIpc) is 2.31. The van der Waals surface area contributed by atoms with Crippen molar-refractivity contribution in [3.05, 3.63) is 34.6 Å². The van der Waals surface area contributed by atoms with Crippen LogP contribution in [0.15, 0.2) is 18.2 Å². The van der Waals surface area contributed by atoms with Crippen molar-refractivity contribution in [1.29, 1.82) is 0 Å². The second kappa shape index (κ2) is 5.83. The van der Waals surface area contributed by atoms with E-state index in [1.54, 1.807) is 6.07 Å². The molecule has 1 N–H and O–H groups in total. The molecule has 1 aliphatic heterocycles. The maximum atomic E-state index is 13.0. The molecule has 0 aliphatic carbocycles. The van der Waals surface area contributed by atoms with Gasteiger partial charge in [0, 0.05) is 6.04 Å². The number of piperidine rings is 1. The molecule has 0 amide bonds. The van der Waals surface area contributed by atoms with Gasteiger partial charge in [-0.15, -0.1) is 0 Å². The van der Waals surface area contributed by atoms with E-state index in [2.05, 4.69) is 12.2 Å². The van der Waals surface area contributed by atoms with Crippen LogP contribution in [-0.4, -0.2) is 12.6 Å². The Kier molecular flexibility index (Phi) is 4.41. The lowest BCUT2D eigenvalue weighted by Crippen LogP contribution is -2.37. The SMILES string of the molecule is CC1CCNC(CCc2ccc(F)c(Cl)c2)C1. The Bertz CT molecular complexity index is 380. The number of benzene rings is 1. The molecule has 0 bridgehead atoms. The summed E-state index contributed by atoms with van der Waals surface area (Å²) < 4.78 is 13.0. The van der Waals surface area contributed by atoms with Crippen molar-refractivity contribution in [3.63, 3.8) is 0 Å². The predicted octanol–water partition coefficient (Wildman–Crippen LogP) is 3.80. The van der Waals surface area contributed by atoms with Gasteiger partial charge in [0.1, 0.15) is 5.82 Å². The number of halogens is 2. The highest BCUT2D eigenvalue weighted by Gasteiger charge is 2.17. The summed E-state index contributed by atoms with van der Waals surface area (Å²) in [7, 11) is 0. The van der Waals surface area contributed by atoms with Gasteiger partial charge in [-0.1, -0.05) is 24.6 Å². The molecular formula is C14H19ClFN. The number of hydrogen-bond acceptors (Lipinski definition) is 1. The van der Waals surface area contributed by atoms with Crippen LogP contribution in [0.3, 0.4) is 0 Å². The molecule has 94 valence electrons. The van der Waals surface area contributed by atoms with Crippen LogP contribution in [0.4, 0.5) is 4.39 Å². The first-order valence-corrected chi connectivity index (χ1v) is 6.70. The summed E-state index contributed by atoms with van der Waals surface area (Å²) in [6.45, 7) is 3.43. The molecule has 1 aliphatic rings. The molecule has 1 heterocycles. The van der Waals surface area contributed by atoms with E-state index >= 15 is 0 Å². The Morgan fingerprint density at radius 2 is 2.29 bits per heavy atom. The van der Waals surface area contributed by atoms with E-state index in [0.717, 1.165) is 30.9 Å². The lowest BCUT2D eigenvalue weighted by atomic mass is 9.91. The molecule has 1 nitrogen and oxygen atoms in total. The van der Waals surface area contributed by atoms with Crippen molar-refractivity contribution < 1.29 is 4.39 Å². The molecule has 2 atom stereocenters. The predicted molar refractivity (Wildman–Crippen MR) is 69.9 cm³/mol. The van der Waals surface area contributed by atoms with Crippen LogP contribution in [0.5, 0.6) is 0 Å². The lowest BCUT2D eigenvalue weighted by molar-refractivity contribution is 0.308. The first-order valence-electron chi connectivity index (χ1n) is 6.32. The molecule has 0 aromatic heterocycles. The molecule has 0 spiro atoms. The fourth-order valence-electron chi connectivity index (χ4n) is 2.48. The Morgan fingerprint density at radius 3 is 3.00 bits per heavy atom. The molecule has 0 saturated carbocycles. The summed E-state index contributed by atoms with van der Waals surface area (Å²) in [6, 6.07) is 5.62. The minimum Gasteiger partial charge on any atom is -0.314 e. The van der Waals surface area contributed by atoms with Crippen molar-refractivity contribution in [2.75, 3.05) is 6.54 Å². The van der Waals surface area contributed by atoms with E-state index < -0.39 is 0 Å². The first kappa shape index (κ1) is 12.8. The van der Waals surface area contributed by atoms with Gasteiger partial charge in [0.05, 0.1) is 5.02 Å². The van der Waals surface area contributed by atoms with E-state index in [-0.39, 0.29) is 10.8 Å². The van der Waals surface area contributed by atoms with E-state index in [1.165, 1.54) is 18.9 Å². The van der Waals surface area contributed by atoms with E-state index in [4.69, 9.17) is 11.6 Å². The Balaban J connectivity index is 1.86. The van der Waals surface area contributed by atoms with Crippen molar-refractivity contribution in [2.24, 2.45) is 5.92 Å². The molecule has 2 unspecified atom stereocenters. The minimum atomic E-state index is -0.333. The van der Waals surface area contributed by atoms with Crippen molar-refractivity contribution in [1.82, 2.24) is 5.32 Å². The maximum absolute atomic E-state index is 13.0. The van der Waals surface area contributed by atoms with Crippen LogP contribution in [0.2, 0.25) is 5.02 Å². The molecule has 2 rings (SSSR count). The van der Waals surface area contributed by atoms with Crippen LogP contribution >= 0.6 is 11.6 Å². The second-order valence-corrected chi connectivity index (χ2v) is 5.47. The van der Waals surface area contributed by atoms with Gasteiger partial charge >= 0.3 is 0 Å². The van der Waals surface area contributed by atoms with E-state index in [1.807, 2.05) is 6.07 Å². The molecule has 17 heavy (non-hydrogen) atoms. The monoisotopic (exact) mass is 255 g/mol. The Labute approximate surface area is 107 Å². The fraction of sp³-hybridized carbons (Fsp3) is 0.571. The quantitative estimate of drug-likeness (QED) is 0.866. The van der Waals surface area contributed by atoms with Crippen LogP contribution in [-0.2, 0) is 6.42 Å². The zero-order chi connectivity index (χ0) is 12.3. The smallest absolute Gasteiger partial charge is 0.141 e. The Morgan fingerprint density at radius 1 is 1.47 bits per heavy atom. The fourth-order valence-corrected chi connectivity index (χ4v) is 2.68. The molecule has 1 aromatic carbocycles. The highest BCUT2D eigenvalue weighted by molar-refractivity contribution is 6.30. The zero-order valence-corrected chi connectivity index (χ0v) is 10.9. The number of aryl methyl sites for hydroxylation is 1. The normalized spacial score (nSPS) is 24.9. The Hall–Kier alpha value is -0.600. The number of nitrogens with one attached hydrogen (secondary N) is 1. The standard InChI is InChI=1S/C14H19ClFN/c1-10-6-7-17-12(8-10)4-2-11-3-5-14(16)13(15)9-11/h3,5,9-10,12,17H,2,4,6-8H2,1H3. The summed E-state index contributed by atoms with van der Waals surface area (Å²) >= 11 is 5.77. The third-order valence-electron chi connectivity index (χ3n) is 3.52. The number of hydrogen-bond donors (Lipinski definition) is 1. The minimum absolute atomic E-state index is 0.229.